The van der Waals surface area contributed by atoms with Gasteiger partial charge in [0.1, 0.15) is 17.0 Å². The highest BCUT2D eigenvalue weighted by molar-refractivity contribution is 6.39. The van der Waals surface area contributed by atoms with E-state index >= 15 is 0 Å². The van der Waals surface area contributed by atoms with Crippen molar-refractivity contribution in [3.63, 3.8) is 0 Å². The van der Waals surface area contributed by atoms with Gasteiger partial charge in [0.25, 0.3) is 5.91 Å². The number of methoxy groups -OCH3 is 1. The molecule has 0 aliphatic carbocycles. The number of carboxylic acid groups (broad SMARTS) is 1. The quantitative estimate of drug-likeness (QED) is 0.808. The highest BCUT2D eigenvalue weighted by Crippen LogP contribution is 2.36. The molecule has 128 valence electrons. The molecule has 0 aliphatic rings. The van der Waals surface area contributed by atoms with Crippen molar-refractivity contribution in [1.82, 2.24) is 10.5 Å². The molecular weight excluding hydrogens is 359 g/mol. The predicted molar refractivity (Wildman–Crippen MR) is 87.5 cm³/mol. The maximum atomic E-state index is 12.4. The zero-order valence-corrected chi connectivity index (χ0v) is 14.3. The SMILES string of the molecule is COC(CNC(=O)c1c(-c2c(Cl)cccc2Cl)noc1C)C(=O)O. The second-order valence-corrected chi connectivity index (χ2v) is 5.65. The minimum Gasteiger partial charge on any atom is -0.479 e. The van der Waals surface area contributed by atoms with Crippen LogP contribution in [0.5, 0.6) is 0 Å². The number of carbonyl (C=O) groups excluding carboxylic acids is 1. The van der Waals surface area contributed by atoms with Crippen molar-refractivity contribution in [1.29, 1.82) is 0 Å². The van der Waals surface area contributed by atoms with E-state index in [9.17, 15) is 9.59 Å². The van der Waals surface area contributed by atoms with Crippen LogP contribution in [0.1, 0.15) is 16.1 Å². The van der Waals surface area contributed by atoms with Crippen LogP contribution in [0.25, 0.3) is 11.3 Å². The van der Waals surface area contributed by atoms with Gasteiger partial charge in [0.15, 0.2) is 6.10 Å². The molecular formula is C15H14Cl2N2O5. The Morgan fingerprint density at radius 1 is 1.38 bits per heavy atom. The smallest absolute Gasteiger partial charge is 0.334 e. The third kappa shape index (κ3) is 3.69. The zero-order chi connectivity index (χ0) is 17.9. The molecule has 0 bridgehead atoms. The number of ether oxygens (including phenoxy) is 1. The summed E-state index contributed by atoms with van der Waals surface area (Å²) in [5, 5.41) is 15.9. The van der Waals surface area contributed by atoms with Gasteiger partial charge in [0.05, 0.1) is 16.6 Å². The van der Waals surface area contributed by atoms with E-state index in [4.69, 9.17) is 37.6 Å². The van der Waals surface area contributed by atoms with E-state index in [0.717, 1.165) is 0 Å². The van der Waals surface area contributed by atoms with Crippen LogP contribution in [0, 0.1) is 6.92 Å². The van der Waals surface area contributed by atoms with Crippen molar-refractivity contribution in [2.24, 2.45) is 0 Å². The summed E-state index contributed by atoms with van der Waals surface area (Å²) in [5.41, 5.74) is 0.680. The van der Waals surface area contributed by atoms with Crippen LogP contribution in [0.15, 0.2) is 22.7 Å². The fourth-order valence-electron chi connectivity index (χ4n) is 2.08. The molecule has 2 N–H and O–H groups in total. The number of carboxylic acids is 1. The van der Waals surface area contributed by atoms with E-state index in [2.05, 4.69) is 10.5 Å². The summed E-state index contributed by atoms with van der Waals surface area (Å²) in [6.45, 7) is 1.34. The van der Waals surface area contributed by atoms with Crippen LogP contribution in [0.3, 0.4) is 0 Å². The molecule has 24 heavy (non-hydrogen) atoms. The highest BCUT2D eigenvalue weighted by Gasteiger charge is 2.26. The molecule has 1 aromatic carbocycles. The lowest BCUT2D eigenvalue weighted by Gasteiger charge is -2.12. The van der Waals surface area contributed by atoms with E-state index < -0.39 is 18.0 Å². The van der Waals surface area contributed by atoms with Gasteiger partial charge in [-0.15, -0.1) is 0 Å². The van der Waals surface area contributed by atoms with E-state index in [1.807, 2.05) is 0 Å². The minimum atomic E-state index is -1.19. The van der Waals surface area contributed by atoms with Gasteiger partial charge >= 0.3 is 5.97 Å². The Balaban J connectivity index is 2.33. The van der Waals surface area contributed by atoms with Crippen LogP contribution in [0.4, 0.5) is 0 Å². The molecule has 2 rings (SSSR count). The van der Waals surface area contributed by atoms with Crippen molar-refractivity contribution in [3.8, 4) is 11.3 Å². The van der Waals surface area contributed by atoms with Gasteiger partial charge < -0.3 is 19.7 Å². The molecule has 1 amide bonds. The van der Waals surface area contributed by atoms with Gasteiger partial charge in [0.2, 0.25) is 0 Å². The summed E-state index contributed by atoms with van der Waals surface area (Å²) in [4.78, 5) is 23.4. The molecule has 0 radical (unpaired) electrons. The Kier molecular flexibility index (Phi) is 5.82. The molecule has 9 heteroatoms. The summed E-state index contributed by atoms with van der Waals surface area (Å²) < 4.78 is 9.85. The summed E-state index contributed by atoms with van der Waals surface area (Å²) >= 11 is 12.3. The average molecular weight is 373 g/mol. The van der Waals surface area contributed by atoms with Crippen LogP contribution in [-0.2, 0) is 9.53 Å². The van der Waals surface area contributed by atoms with Crippen molar-refractivity contribution in [2.75, 3.05) is 13.7 Å². The van der Waals surface area contributed by atoms with Crippen molar-refractivity contribution in [2.45, 2.75) is 13.0 Å². The number of nitrogens with one attached hydrogen (secondary N) is 1. The molecule has 1 unspecified atom stereocenters. The fraction of sp³-hybridized carbons (Fsp3) is 0.267. The van der Waals surface area contributed by atoms with E-state index in [1.54, 1.807) is 25.1 Å². The Bertz CT molecular complexity index is 755. The van der Waals surface area contributed by atoms with Crippen molar-refractivity contribution < 1.29 is 24.0 Å². The number of carbonyl (C=O) groups is 2. The van der Waals surface area contributed by atoms with E-state index in [1.165, 1.54) is 7.11 Å². The molecule has 0 saturated heterocycles. The van der Waals surface area contributed by atoms with Crippen LogP contribution >= 0.6 is 23.2 Å². The predicted octanol–water partition coefficient (Wildman–Crippen LogP) is 2.79. The number of hydrogen-bond donors (Lipinski definition) is 2. The topological polar surface area (TPSA) is 102 Å². The van der Waals surface area contributed by atoms with Gasteiger partial charge in [-0.2, -0.15) is 0 Å². The number of halogens is 2. The van der Waals surface area contributed by atoms with Crippen LogP contribution in [-0.4, -0.2) is 41.9 Å². The largest absolute Gasteiger partial charge is 0.479 e. The molecule has 0 fully saturated rings. The normalized spacial score (nSPS) is 12.0. The first-order valence-electron chi connectivity index (χ1n) is 6.81. The Morgan fingerprint density at radius 3 is 2.54 bits per heavy atom. The lowest BCUT2D eigenvalue weighted by Crippen LogP contribution is -2.38. The molecule has 1 atom stereocenters. The zero-order valence-electron chi connectivity index (χ0n) is 12.8. The highest BCUT2D eigenvalue weighted by atomic mass is 35.5. The third-order valence-corrected chi connectivity index (χ3v) is 3.93. The number of rotatable bonds is 6. The second kappa shape index (κ2) is 7.65. The average Bonchev–Trinajstić information content (AvgIpc) is 2.89. The monoisotopic (exact) mass is 372 g/mol. The van der Waals surface area contributed by atoms with Crippen LogP contribution < -0.4 is 5.32 Å². The number of aromatic nitrogens is 1. The lowest BCUT2D eigenvalue weighted by molar-refractivity contribution is -0.148. The number of aliphatic carboxylic acids is 1. The first kappa shape index (κ1) is 18.3. The van der Waals surface area contributed by atoms with Gasteiger partial charge in [-0.1, -0.05) is 34.4 Å². The summed E-state index contributed by atoms with van der Waals surface area (Å²) in [6.07, 6.45) is -1.17. The second-order valence-electron chi connectivity index (χ2n) is 4.83. The molecule has 1 heterocycles. The van der Waals surface area contributed by atoms with Crippen molar-refractivity contribution in [3.05, 3.63) is 39.6 Å². The lowest BCUT2D eigenvalue weighted by atomic mass is 10.1. The molecule has 0 aliphatic heterocycles. The third-order valence-electron chi connectivity index (χ3n) is 3.30. The summed E-state index contributed by atoms with van der Waals surface area (Å²) in [6, 6.07) is 4.89. The number of hydrogen-bond acceptors (Lipinski definition) is 5. The Morgan fingerprint density at radius 2 is 2.00 bits per heavy atom. The molecule has 0 spiro atoms. The maximum Gasteiger partial charge on any atom is 0.334 e. The fourth-order valence-corrected chi connectivity index (χ4v) is 2.66. The molecule has 7 nitrogen and oxygen atoms in total. The van der Waals surface area contributed by atoms with Gasteiger partial charge in [-0.3, -0.25) is 4.79 Å². The van der Waals surface area contributed by atoms with Gasteiger partial charge in [0, 0.05) is 12.7 Å². The molecule has 0 saturated carbocycles. The van der Waals surface area contributed by atoms with Crippen LogP contribution in [0.2, 0.25) is 10.0 Å². The van der Waals surface area contributed by atoms with E-state index in [0.29, 0.717) is 15.6 Å². The van der Waals surface area contributed by atoms with E-state index in [-0.39, 0.29) is 23.6 Å². The standard InChI is InChI=1S/C15H14Cl2N2O5/c1-7-11(14(20)18-6-10(23-2)15(21)22)13(19-24-7)12-8(16)4-3-5-9(12)17/h3-5,10H,6H2,1-2H3,(H,18,20)(H,21,22). The molecule has 1 aromatic heterocycles. The number of benzene rings is 1. The summed E-state index contributed by atoms with van der Waals surface area (Å²) in [5.74, 6) is -1.50. The number of aryl methyl sites for hydroxylation is 1. The maximum absolute atomic E-state index is 12.4. The molecule has 2 aromatic rings. The Labute approximate surface area is 147 Å². The van der Waals surface area contributed by atoms with Gasteiger partial charge in [-0.25, -0.2) is 4.79 Å². The summed E-state index contributed by atoms with van der Waals surface area (Å²) in [7, 11) is 1.24. The minimum absolute atomic E-state index is 0.130. The first-order chi connectivity index (χ1) is 11.4. The van der Waals surface area contributed by atoms with Crippen molar-refractivity contribution >= 4 is 35.1 Å². The number of amides is 1. The van der Waals surface area contributed by atoms with Gasteiger partial charge in [-0.05, 0) is 19.1 Å². The first-order valence-corrected chi connectivity index (χ1v) is 7.56. The Hall–Kier alpha value is -2.09. The number of nitrogens with zero attached hydrogens (tertiary/aromatic N) is 1.